The van der Waals surface area contributed by atoms with Crippen molar-refractivity contribution in [1.82, 2.24) is 5.32 Å². The van der Waals surface area contributed by atoms with E-state index in [1.54, 1.807) is 31.2 Å². The van der Waals surface area contributed by atoms with Crippen molar-refractivity contribution in [2.45, 2.75) is 39.0 Å². The van der Waals surface area contributed by atoms with Gasteiger partial charge >= 0.3 is 6.09 Å². The molecule has 0 spiro atoms. The highest BCUT2D eigenvalue weighted by molar-refractivity contribution is 7.91. The highest BCUT2D eigenvalue weighted by atomic mass is 32.2. The topological polar surface area (TPSA) is 96.3 Å². The van der Waals surface area contributed by atoms with Crippen LogP contribution in [0.5, 0.6) is 0 Å². The van der Waals surface area contributed by atoms with Gasteiger partial charge in [-0.1, -0.05) is 32.6 Å². The molecule has 2 unspecified atom stereocenters. The lowest BCUT2D eigenvalue weighted by Gasteiger charge is -2.24. The number of hydrogen-bond acceptors (Lipinski definition) is 5. The van der Waals surface area contributed by atoms with Crippen molar-refractivity contribution in [1.29, 1.82) is 5.26 Å². The van der Waals surface area contributed by atoms with Crippen LogP contribution in [0.25, 0.3) is 0 Å². The van der Waals surface area contributed by atoms with Gasteiger partial charge in [0.25, 0.3) is 0 Å². The molecule has 0 heterocycles. The molecule has 0 aliphatic carbocycles. The molecule has 25 heavy (non-hydrogen) atoms. The molecular weight excluding hydrogens is 340 g/mol. The van der Waals surface area contributed by atoms with Gasteiger partial charge in [-0.15, -0.1) is 0 Å². The number of benzene rings is 1. The van der Waals surface area contributed by atoms with Crippen molar-refractivity contribution < 1.29 is 17.9 Å². The average molecular weight is 364 g/mol. The molecule has 0 bridgehead atoms. The SMILES string of the molecule is C=C(C)OC(=O)NC(CS(=O)(=O)C(C)c1ccc(C#N)cc1)C(C)C. The lowest BCUT2D eigenvalue weighted by Crippen LogP contribution is -2.44. The van der Waals surface area contributed by atoms with E-state index in [-0.39, 0.29) is 17.4 Å². The number of allylic oxidation sites excluding steroid dienone is 1. The van der Waals surface area contributed by atoms with Crippen LogP contribution in [-0.2, 0) is 14.6 Å². The van der Waals surface area contributed by atoms with Crippen molar-refractivity contribution in [3.63, 3.8) is 0 Å². The Bertz CT molecular complexity index is 761. The van der Waals surface area contributed by atoms with E-state index in [2.05, 4.69) is 11.9 Å². The Labute approximate surface area is 149 Å². The van der Waals surface area contributed by atoms with Gasteiger partial charge in [0.1, 0.15) is 0 Å². The van der Waals surface area contributed by atoms with Gasteiger partial charge in [-0.05, 0) is 37.5 Å². The molecule has 0 saturated carbocycles. The van der Waals surface area contributed by atoms with Crippen LogP contribution in [0, 0.1) is 17.2 Å². The van der Waals surface area contributed by atoms with Crippen LogP contribution >= 0.6 is 0 Å². The van der Waals surface area contributed by atoms with Gasteiger partial charge in [-0.2, -0.15) is 5.26 Å². The fourth-order valence-corrected chi connectivity index (χ4v) is 4.00. The summed E-state index contributed by atoms with van der Waals surface area (Å²) in [4.78, 5) is 11.7. The molecule has 0 aromatic heterocycles. The molecule has 2 atom stereocenters. The van der Waals surface area contributed by atoms with Crippen LogP contribution in [0.4, 0.5) is 4.79 Å². The zero-order valence-electron chi connectivity index (χ0n) is 14.9. The number of carbonyl (C=O) groups excluding carboxylic acids is 1. The van der Waals surface area contributed by atoms with Crippen molar-refractivity contribution in [2.24, 2.45) is 5.92 Å². The van der Waals surface area contributed by atoms with Gasteiger partial charge < -0.3 is 10.1 Å². The number of nitrogens with zero attached hydrogens (tertiary/aromatic N) is 1. The molecule has 0 radical (unpaired) electrons. The normalized spacial score (nSPS) is 13.6. The van der Waals surface area contributed by atoms with E-state index in [9.17, 15) is 13.2 Å². The van der Waals surface area contributed by atoms with Gasteiger partial charge in [-0.3, -0.25) is 0 Å². The minimum atomic E-state index is -3.53. The van der Waals surface area contributed by atoms with Crippen molar-refractivity contribution in [3.8, 4) is 6.07 Å². The van der Waals surface area contributed by atoms with E-state index < -0.39 is 27.2 Å². The summed E-state index contributed by atoms with van der Waals surface area (Å²) in [6.45, 7) is 10.3. The Morgan fingerprint density at radius 2 is 1.84 bits per heavy atom. The van der Waals surface area contributed by atoms with Crippen molar-refractivity contribution >= 4 is 15.9 Å². The number of sulfone groups is 1. The maximum atomic E-state index is 12.7. The van der Waals surface area contributed by atoms with Crippen LogP contribution in [0.1, 0.15) is 44.1 Å². The first-order chi connectivity index (χ1) is 11.6. The summed E-state index contributed by atoms with van der Waals surface area (Å²) in [6.07, 6.45) is -0.715. The zero-order valence-corrected chi connectivity index (χ0v) is 15.8. The fraction of sp³-hybridized carbons (Fsp3) is 0.444. The third-order valence-corrected chi connectivity index (χ3v) is 6.01. The van der Waals surface area contributed by atoms with Crippen LogP contribution in [-0.4, -0.2) is 26.3 Å². The smallest absolute Gasteiger partial charge is 0.412 e. The second kappa shape index (κ2) is 8.67. The third kappa shape index (κ3) is 6.24. The Hall–Kier alpha value is -2.33. The second-order valence-corrected chi connectivity index (χ2v) is 8.66. The van der Waals surface area contributed by atoms with E-state index in [1.807, 2.05) is 19.9 Å². The first-order valence-corrected chi connectivity index (χ1v) is 9.64. The van der Waals surface area contributed by atoms with E-state index in [0.717, 1.165) is 0 Å². The minimum absolute atomic E-state index is 0.0967. The fourth-order valence-electron chi connectivity index (χ4n) is 2.17. The molecule has 1 amide bonds. The van der Waals surface area contributed by atoms with E-state index in [0.29, 0.717) is 11.1 Å². The van der Waals surface area contributed by atoms with E-state index in [4.69, 9.17) is 10.00 Å². The van der Waals surface area contributed by atoms with Gasteiger partial charge in [0, 0.05) is 6.04 Å². The van der Waals surface area contributed by atoms with Gasteiger partial charge in [0.2, 0.25) is 0 Å². The van der Waals surface area contributed by atoms with Crippen LogP contribution in [0.15, 0.2) is 36.6 Å². The number of nitriles is 1. The lowest BCUT2D eigenvalue weighted by molar-refractivity contribution is 0.170. The van der Waals surface area contributed by atoms with Gasteiger partial charge in [0.05, 0.1) is 28.4 Å². The Kier molecular flexibility index (Phi) is 7.19. The average Bonchev–Trinajstić information content (AvgIpc) is 2.52. The summed E-state index contributed by atoms with van der Waals surface area (Å²) >= 11 is 0. The summed E-state index contributed by atoms with van der Waals surface area (Å²) in [7, 11) is -3.53. The summed E-state index contributed by atoms with van der Waals surface area (Å²) in [5.74, 6) is -0.0775. The molecule has 0 aliphatic rings. The Morgan fingerprint density at radius 1 is 1.28 bits per heavy atom. The van der Waals surface area contributed by atoms with Gasteiger partial charge in [0.15, 0.2) is 9.84 Å². The Balaban J connectivity index is 2.92. The molecule has 1 rings (SSSR count). The number of carbonyl (C=O) groups is 1. The molecule has 0 fully saturated rings. The van der Waals surface area contributed by atoms with Crippen molar-refractivity contribution in [2.75, 3.05) is 5.75 Å². The molecule has 1 aromatic carbocycles. The number of nitrogens with one attached hydrogen (secondary N) is 1. The molecule has 6 nitrogen and oxygen atoms in total. The van der Waals surface area contributed by atoms with Crippen LogP contribution in [0.2, 0.25) is 0 Å². The molecule has 0 aliphatic heterocycles. The largest absolute Gasteiger partial charge is 0.416 e. The Morgan fingerprint density at radius 3 is 2.28 bits per heavy atom. The van der Waals surface area contributed by atoms with Crippen LogP contribution < -0.4 is 5.32 Å². The highest BCUT2D eigenvalue weighted by Crippen LogP contribution is 2.24. The predicted octanol–water partition coefficient (Wildman–Crippen LogP) is 3.32. The number of hydrogen-bond donors (Lipinski definition) is 1. The highest BCUT2D eigenvalue weighted by Gasteiger charge is 2.29. The van der Waals surface area contributed by atoms with Gasteiger partial charge in [-0.25, -0.2) is 13.2 Å². The quantitative estimate of drug-likeness (QED) is 0.749. The standard InChI is InChI=1S/C18H24N2O4S/c1-12(2)17(20-18(21)24-13(3)4)11-25(22,23)14(5)16-8-6-15(10-19)7-9-16/h6-9,12,14,17H,3,11H2,1-2,4-5H3,(H,20,21). The molecular formula is C18H24N2O4S. The number of rotatable bonds is 7. The zero-order chi connectivity index (χ0) is 19.2. The first kappa shape index (κ1) is 20.7. The molecule has 1 aromatic rings. The number of alkyl carbamates (subject to hydrolysis) is 1. The molecule has 136 valence electrons. The predicted molar refractivity (Wildman–Crippen MR) is 96.4 cm³/mol. The van der Waals surface area contributed by atoms with E-state index >= 15 is 0 Å². The van der Waals surface area contributed by atoms with E-state index in [1.165, 1.54) is 6.92 Å². The summed E-state index contributed by atoms with van der Waals surface area (Å²) in [6, 6.07) is 7.85. The molecule has 0 saturated heterocycles. The maximum Gasteiger partial charge on any atom is 0.412 e. The van der Waals surface area contributed by atoms with Crippen molar-refractivity contribution in [3.05, 3.63) is 47.7 Å². The maximum absolute atomic E-state index is 12.7. The summed E-state index contributed by atoms with van der Waals surface area (Å²) in [5.41, 5.74) is 1.07. The third-order valence-electron chi connectivity index (χ3n) is 3.83. The summed E-state index contributed by atoms with van der Waals surface area (Å²) in [5, 5.41) is 10.7. The molecule has 7 heteroatoms. The monoisotopic (exact) mass is 364 g/mol. The molecule has 1 N–H and O–H groups in total. The second-order valence-electron chi connectivity index (χ2n) is 6.29. The lowest BCUT2D eigenvalue weighted by atomic mass is 10.1. The first-order valence-electron chi connectivity index (χ1n) is 7.92. The number of ether oxygens (including phenoxy) is 1. The number of amides is 1. The summed E-state index contributed by atoms with van der Waals surface area (Å²) < 4.78 is 30.3. The van der Waals surface area contributed by atoms with Crippen LogP contribution in [0.3, 0.4) is 0 Å². The minimum Gasteiger partial charge on any atom is -0.416 e.